The molecule has 0 nitrogen and oxygen atoms in total. The summed E-state index contributed by atoms with van der Waals surface area (Å²) in [6, 6.07) is 0. The van der Waals surface area contributed by atoms with Gasteiger partial charge in [0.25, 0.3) is 0 Å². The molecule has 0 aromatic carbocycles. The van der Waals surface area contributed by atoms with Gasteiger partial charge in [-0.15, -0.1) is 0 Å². The van der Waals surface area contributed by atoms with Gasteiger partial charge in [0.15, 0.2) is 0 Å². The first-order chi connectivity index (χ1) is 6.18. The largest absolute Gasteiger partial charge is 0.0853 e. The Labute approximate surface area is 92.6 Å². The molecule has 0 N–H and O–H groups in total. The van der Waals surface area contributed by atoms with E-state index in [1.165, 1.54) is 51.4 Å². The van der Waals surface area contributed by atoms with Crippen molar-refractivity contribution in [3.05, 3.63) is 0 Å². The number of hydrogen-bond acceptors (Lipinski definition) is 0. The lowest BCUT2D eigenvalue weighted by molar-refractivity contribution is 0.443. The summed E-state index contributed by atoms with van der Waals surface area (Å²) in [7, 11) is 0. The first-order valence-corrected chi connectivity index (χ1v) is 6.66. The Kier molecular flexibility index (Phi) is 8.13. The van der Waals surface area contributed by atoms with Gasteiger partial charge in [-0.1, -0.05) is 68.8 Å². The summed E-state index contributed by atoms with van der Waals surface area (Å²) in [5.41, 5.74) is 0. The van der Waals surface area contributed by atoms with Crippen LogP contribution in [0.4, 0.5) is 0 Å². The normalized spacial score (nSPS) is 12.0. The summed E-state index contributed by atoms with van der Waals surface area (Å²) < 4.78 is 0.466. The smallest absolute Gasteiger partial charge is 0.0258 e. The van der Waals surface area contributed by atoms with Gasteiger partial charge in [0, 0.05) is 4.32 Å². The topological polar surface area (TPSA) is 0 Å². The van der Waals surface area contributed by atoms with Gasteiger partial charge >= 0.3 is 0 Å². The Balaban J connectivity index is 3.84. The van der Waals surface area contributed by atoms with E-state index < -0.39 is 0 Å². The molecule has 0 atom stereocenters. The van der Waals surface area contributed by atoms with Crippen LogP contribution >= 0.6 is 15.9 Å². The van der Waals surface area contributed by atoms with Crippen molar-refractivity contribution in [2.75, 3.05) is 0 Å². The minimum atomic E-state index is 0.466. The standard InChI is InChI=1S/C12H25Br/c1-4-7-10-12(13,9-6-3)11-8-5-2/h4-11H2,1-3H3. The van der Waals surface area contributed by atoms with Crippen molar-refractivity contribution < 1.29 is 0 Å². The molecule has 0 fully saturated rings. The Morgan fingerprint density at radius 3 is 1.54 bits per heavy atom. The lowest BCUT2D eigenvalue weighted by atomic mass is 9.92. The summed E-state index contributed by atoms with van der Waals surface area (Å²) in [6.07, 6.45) is 10.7. The van der Waals surface area contributed by atoms with Crippen molar-refractivity contribution in [3.8, 4) is 0 Å². The molecule has 0 amide bonds. The molecule has 13 heavy (non-hydrogen) atoms. The van der Waals surface area contributed by atoms with E-state index in [0.717, 1.165) is 0 Å². The van der Waals surface area contributed by atoms with E-state index in [4.69, 9.17) is 0 Å². The van der Waals surface area contributed by atoms with Crippen LogP contribution in [0.1, 0.15) is 72.1 Å². The predicted octanol–water partition coefficient (Wildman–Crippen LogP) is 5.30. The van der Waals surface area contributed by atoms with E-state index >= 15 is 0 Å². The fourth-order valence-corrected chi connectivity index (χ4v) is 2.77. The molecule has 0 unspecified atom stereocenters. The molecule has 0 aliphatic carbocycles. The highest BCUT2D eigenvalue weighted by molar-refractivity contribution is 9.10. The van der Waals surface area contributed by atoms with Gasteiger partial charge in [0.1, 0.15) is 0 Å². The molecule has 0 saturated carbocycles. The second kappa shape index (κ2) is 7.84. The summed E-state index contributed by atoms with van der Waals surface area (Å²) in [4.78, 5) is 0. The SMILES string of the molecule is CCCCC(Br)(CCC)CCCC. The van der Waals surface area contributed by atoms with Crippen LogP contribution < -0.4 is 0 Å². The van der Waals surface area contributed by atoms with E-state index in [1.54, 1.807) is 0 Å². The van der Waals surface area contributed by atoms with Crippen LogP contribution in [-0.2, 0) is 0 Å². The molecule has 0 aliphatic heterocycles. The van der Waals surface area contributed by atoms with Gasteiger partial charge in [-0.2, -0.15) is 0 Å². The van der Waals surface area contributed by atoms with Gasteiger partial charge in [0.05, 0.1) is 0 Å². The quantitative estimate of drug-likeness (QED) is 0.512. The van der Waals surface area contributed by atoms with Crippen LogP contribution in [0.5, 0.6) is 0 Å². The van der Waals surface area contributed by atoms with E-state index in [2.05, 4.69) is 36.7 Å². The minimum Gasteiger partial charge on any atom is -0.0853 e. The molecule has 80 valence electrons. The maximum Gasteiger partial charge on any atom is 0.0258 e. The number of unbranched alkanes of at least 4 members (excludes halogenated alkanes) is 2. The molecule has 0 spiro atoms. The van der Waals surface area contributed by atoms with Crippen LogP contribution in [0, 0.1) is 0 Å². The molecular formula is C12H25Br. The number of hydrogen-bond donors (Lipinski definition) is 0. The molecule has 0 saturated heterocycles. The lowest BCUT2D eigenvalue weighted by Gasteiger charge is -2.27. The minimum absolute atomic E-state index is 0.466. The molecule has 1 heteroatoms. The van der Waals surface area contributed by atoms with Crippen molar-refractivity contribution in [3.63, 3.8) is 0 Å². The lowest BCUT2D eigenvalue weighted by Crippen LogP contribution is -2.20. The fourth-order valence-electron chi connectivity index (χ4n) is 1.81. The molecular weight excluding hydrogens is 224 g/mol. The zero-order valence-electron chi connectivity index (χ0n) is 9.53. The average Bonchev–Trinajstić information content (AvgIpc) is 2.12. The molecule has 0 aromatic heterocycles. The van der Waals surface area contributed by atoms with Crippen LogP contribution in [0.15, 0.2) is 0 Å². The number of alkyl halides is 1. The molecule has 0 aromatic rings. The highest BCUT2D eigenvalue weighted by Crippen LogP contribution is 2.35. The van der Waals surface area contributed by atoms with Crippen molar-refractivity contribution in [2.24, 2.45) is 0 Å². The van der Waals surface area contributed by atoms with Gasteiger partial charge in [-0.25, -0.2) is 0 Å². The first kappa shape index (κ1) is 13.5. The summed E-state index contributed by atoms with van der Waals surface area (Å²) in [5.74, 6) is 0. The van der Waals surface area contributed by atoms with E-state index in [1.807, 2.05) is 0 Å². The van der Waals surface area contributed by atoms with Crippen LogP contribution in [0.3, 0.4) is 0 Å². The maximum absolute atomic E-state index is 3.95. The third-order valence-corrected chi connectivity index (χ3v) is 3.84. The summed E-state index contributed by atoms with van der Waals surface area (Å²) in [5, 5.41) is 0. The zero-order chi connectivity index (χ0) is 10.2. The van der Waals surface area contributed by atoms with Gasteiger partial charge in [0.2, 0.25) is 0 Å². The fraction of sp³-hybridized carbons (Fsp3) is 1.00. The Bertz CT molecular complexity index is 102. The van der Waals surface area contributed by atoms with Gasteiger partial charge in [-0.05, 0) is 19.3 Å². The van der Waals surface area contributed by atoms with Crippen LogP contribution in [0.2, 0.25) is 0 Å². The highest BCUT2D eigenvalue weighted by Gasteiger charge is 2.23. The van der Waals surface area contributed by atoms with Gasteiger partial charge in [-0.3, -0.25) is 0 Å². The Morgan fingerprint density at radius 2 is 1.23 bits per heavy atom. The predicted molar refractivity (Wildman–Crippen MR) is 65.6 cm³/mol. The average molecular weight is 249 g/mol. The number of halogens is 1. The third-order valence-electron chi connectivity index (χ3n) is 2.65. The second-order valence-electron chi connectivity index (χ2n) is 4.11. The molecule has 0 heterocycles. The molecule has 0 rings (SSSR count). The van der Waals surface area contributed by atoms with Gasteiger partial charge < -0.3 is 0 Å². The van der Waals surface area contributed by atoms with Crippen LogP contribution in [-0.4, -0.2) is 4.32 Å². The number of rotatable bonds is 8. The molecule has 0 aliphatic rings. The van der Waals surface area contributed by atoms with Crippen molar-refractivity contribution in [2.45, 2.75) is 76.5 Å². The Morgan fingerprint density at radius 1 is 0.769 bits per heavy atom. The monoisotopic (exact) mass is 248 g/mol. The van der Waals surface area contributed by atoms with Crippen molar-refractivity contribution in [1.29, 1.82) is 0 Å². The van der Waals surface area contributed by atoms with E-state index in [0.29, 0.717) is 4.32 Å². The highest BCUT2D eigenvalue weighted by atomic mass is 79.9. The third kappa shape index (κ3) is 6.54. The second-order valence-corrected chi connectivity index (χ2v) is 5.79. The summed E-state index contributed by atoms with van der Waals surface area (Å²) >= 11 is 3.95. The molecule has 0 bridgehead atoms. The first-order valence-electron chi connectivity index (χ1n) is 5.87. The van der Waals surface area contributed by atoms with Crippen molar-refractivity contribution >= 4 is 15.9 Å². The van der Waals surface area contributed by atoms with Crippen molar-refractivity contribution in [1.82, 2.24) is 0 Å². The van der Waals surface area contributed by atoms with Crippen LogP contribution in [0.25, 0.3) is 0 Å². The Hall–Kier alpha value is 0.480. The summed E-state index contributed by atoms with van der Waals surface area (Å²) in [6.45, 7) is 6.84. The maximum atomic E-state index is 3.95. The van der Waals surface area contributed by atoms with E-state index in [-0.39, 0.29) is 0 Å². The molecule has 0 radical (unpaired) electrons. The van der Waals surface area contributed by atoms with E-state index in [9.17, 15) is 0 Å². The zero-order valence-corrected chi connectivity index (χ0v) is 11.1.